The summed E-state index contributed by atoms with van der Waals surface area (Å²) in [5.41, 5.74) is 1.10. The third-order valence-electron chi connectivity index (χ3n) is 4.87. The van der Waals surface area contributed by atoms with Gasteiger partial charge in [-0.2, -0.15) is 0 Å². The van der Waals surface area contributed by atoms with Crippen molar-refractivity contribution in [2.45, 2.75) is 32.7 Å². The molecule has 1 heterocycles. The van der Waals surface area contributed by atoms with Crippen LogP contribution in [0.5, 0.6) is 0 Å². The van der Waals surface area contributed by atoms with Crippen LogP contribution in [0.15, 0.2) is 24.3 Å². The Morgan fingerprint density at radius 2 is 1.81 bits per heavy atom. The molecule has 2 amide bonds. The maximum Gasteiger partial charge on any atom is 0.236 e. The maximum absolute atomic E-state index is 12.4. The average molecular weight is 395 g/mol. The summed E-state index contributed by atoms with van der Waals surface area (Å²) in [6.45, 7) is 8.40. The number of hydrogen-bond acceptors (Lipinski definition) is 4. The summed E-state index contributed by atoms with van der Waals surface area (Å²) in [4.78, 5) is 28.3. The number of unbranched alkanes of at least 4 members (excludes halogenated alkanes) is 1. The van der Waals surface area contributed by atoms with Gasteiger partial charge in [-0.05, 0) is 31.0 Å². The van der Waals surface area contributed by atoms with Gasteiger partial charge in [-0.15, -0.1) is 0 Å². The van der Waals surface area contributed by atoms with E-state index in [9.17, 15) is 9.59 Å². The summed E-state index contributed by atoms with van der Waals surface area (Å²) in [6.07, 6.45) is 2.08. The number of amides is 2. The molecule has 6 nitrogen and oxygen atoms in total. The van der Waals surface area contributed by atoms with Gasteiger partial charge in [0.05, 0.1) is 13.1 Å². The molecule has 2 N–H and O–H groups in total. The summed E-state index contributed by atoms with van der Waals surface area (Å²) in [5, 5.41) is 6.92. The Morgan fingerprint density at radius 3 is 2.44 bits per heavy atom. The molecule has 7 heteroatoms. The molecule has 1 aliphatic rings. The Bertz CT molecular complexity index is 601. The summed E-state index contributed by atoms with van der Waals surface area (Å²) in [5.74, 6) is 0.171. The third kappa shape index (κ3) is 7.48. The lowest BCUT2D eigenvalue weighted by molar-refractivity contribution is -0.132. The first kappa shape index (κ1) is 21.7. The van der Waals surface area contributed by atoms with Crippen molar-refractivity contribution < 1.29 is 9.59 Å². The number of carbonyl (C=O) groups is 2. The van der Waals surface area contributed by atoms with E-state index in [4.69, 9.17) is 11.6 Å². The van der Waals surface area contributed by atoms with Gasteiger partial charge < -0.3 is 15.5 Å². The SMILES string of the molecule is CCCCNC(=O)CN1CCN(C(=O)CN[C@@H](C)c2ccc(Cl)cc2)CC1. The molecule has 1 atom stereocenters. The Balaban J connectivity index is 1.67. The van der Waals surface area contributed by atoms with Gasteiger partial charge in [0.2, 0.25) is 11.8 Å². The lowest BCUT2D eigenvalue weighted by Gasteiger charge is -2.34. The molecule has 150 valence electrons. The third-order valence-corrected chi connectivity index (χ3v) is 5.13. The van der Waals surface area contributed by atoms with Crippen LogP contribution in [0.2, 0.25) is 5.02 Å². The zero-order valence-electron chi connectivity index (χ0n) is 16.3. The van der Waals surface area contributed by atoms with Crippen molar-refractivity contribution >= 4 is 23.4 Å². The van der Waals surface area contributed by atoms with Crippen molar-refractivity contribution in [2.75, 3.05) is 45.8 Å². The van der Waals surface area contributed by atoms with E-state index in [2.05, 4.69) is 22.5 Å². The Kier molecular flexibility index (Phi) is 9.04. The molecule has 1 aliphatic heterocycles. The van der Waals surface area contributed by atoms with Crippen LogP contribution in [0, 0.1) is 0 Å². The highest BCUT2D eigenvalue weighted by atomic mass is 35.5. The van der Waals surface area contributed by atoms with E-state index in [-0.39, 0.29) is 17.9 Å². The quantitative estimate of drug-likeness (QED) is 0.629. The maximum atomic E-state index is 12.4. The first-order valence-electron chi connectivity index (χ1n) is 9.75. The second-order valence-corrected chi connectivity index (χ2v) is 7.45. The fraction of sp³-hybridized carbons (Fsp3) is 0.600. The fourth-order valence-corrected chi connectivity index (χ4v) is 3.17. The van der Waals surface area contributed by atoms with Gasteiger partial charge in [-0.3, -0.25) is 14.5 Å². The van der Waals surface area contributed by atoms with E-state index in [1.54, 1.807) is 0 Å². The highest BCUT2D eigenvalue weighted by Gasteiger charge is 2.22. The molecule has 0 unspecified atom stereocenters. The highest BCUT2D eigenvalue weighted by Crippen LogP contribution is 2.15. The van der Waals surface area contributed by atoms with Crippen molar-refractivity contribution in [3.8, 4) is 0 Å². The van der Waals surface area contributed by atoms with Gasteiger partial charge in [0.1, 0.15) is 0 Å². The van der Waals surface area contributed by atoms with Crippen molar-refractivity contribution in [3.05, 3.63) is 34.9 Å². The van der Waals surface area contributed by atoms with Gasteiger partial charge in [-0.25, -0.2) is 0 Å². The number of piperazine rings is 1. The minimum absolute atomic E-state index is 0.0710. The minimum Gasteiger partial charge on any atom is -0.355 e. The minimum atomic E-state index is 0.0710. The van der Waals surface area contributed by atoms with Crippen LogP contribution in [0.25, 0.3) is 0 Å². The van der Waals surface area contributed by atoms with Crippen LogP contribution in [-0.4, -0.2) is 67.4 Å². The first-order valence-corrected chi connectivity index (χ1v) is 10.1. The number of halogens is 1. The molecule has 0 aromatic heterocycles. The summed E-state index contributed by atoms with van der Waals surface area (Å²) in [6, 6.07) is 7.73. The van der Waals surface area contributed by atoms with Gasteiger partial charge in [0.15, 0.2) is 0 Å². The van der Waals surface area contributed by atoms with E-state index in [0.29, 0.717) is 31.2 Å². The number of hydrogen-bond donors (Lipinski definition) is 2. The van der Waals surface area contributed by atoms with Gasteiger partial charge >= 0.3 is 0 Å². The normalized spacial score (nSPS) is 16.2. The van der Waals surface area contributed by atoms with Crippen molar-refractivity contribution in [3.63, 3.8) is 0 Å². The smallest absolute Gasteiger partial charge is 0.236 e. The van der Waals surface area contributed by atoms with Gasteiger partial charge in [0, 0.05) is 43.8 Å². The predicted molar refractivity (Wildman–Crippen MR) is 109 cm³/mol. The van der Waals surface area contributed by atoms with E-state index in [1.165, 1.54) is 0 Å². The molecule has 1 aromatic carbocycles. The van der Waals surface area contributed by atoms with Gasteiger partial charge in [0.25, 0.3) is 0 Å². The predicted octanol–water partition coefficient (Wildman–Crippen LogP) is 2.05. The van der Waals surface area contributed by atoms with Crippen LogP contribution in [-0.2, 0) is 9.59 Å². The largest absolute Gasteiger partial charge is 0.355 e. The molecule has 1 saturated heterocycles. The molecule has 0 aliphatic carbocycles. The summed E-state index contributed by atoms with van der Waals surface area (Å²) in [7, 11) is 0. The molecule has 0 bridgehead atoms. The van der Waals surface area contributed by atoms with Crippen molar-refractivity contribution in [2.24, 2.45) is 0 Å². The number of nitrogens with zero attached hydrogens (tertiary/aromatic N) is 2. The van der Waals surface area contributed by atoms with Crippen LogP contribution >= 0.6 is 11.6 Å². The number of rotatable bonds is 9. The zero-order chi connectivity index (χ0) is 19.6. The first-order chi connectivity index (χ1) is 13.0. The molecule has 1 fully saturated rings. The van der Waals surface area contributed by atoms with Gasteiger partial charge in [-0.1, -0.05) is 37.1 Å². The molecule has 1 aromatic rings. The molecule has 0 radical (unpaired) electrons. The Labute approximate surface area is 167 Å². The van der Waals surface area contributed by atoms with Crippen LogP contribution in [0.4, 0.5) is 0 Å². The number of benzene rings is 1. The summed E-state index contributed by atoms with van der Waals surface area (Å²) >= 11 is 5.91. The second-order valence-electron chi connectivity index (χ2n) is 7.01. The molecule has 27 heavy (non-hydrogen) atoms. The Hall–Kier alpha value is -1.63. The lowest BCUT2D eigenvalue weighted by Crippen LogP contribution is -2.52. The topological polar surface area (TPSA) is 64.7 Å². The van der Waals surface area contributed by atoms with Crippen molar-refractivity contribution in [1.29, 1.82) is 0 Å². The number of carbonyl (C=O) groups excluding carboxylic acids is 2. The fourth-order valence-electron chi connectivity index (χ4n) is 3.04. The monoisotopic (exact) mass is 394 g/mol. The zero-order valence-corrected chi connectivity index (χ0v) is 17.1. The van der Waals surface area contributed by atoms with Crippen LogP contribution in [0.1, 0.15) is 38.3 Å². The van der Waals surface area contributed by atoms with Crippen molar-refractivity contribution in [1.82, 2.24) is 20.4 Å². The average Bonchev–Trinajstić information content (AvgIpc) is 2.67. The van der Waals surface area contributed by atoms with E-state index in [1.807, 2.05) is 36.1 Å². The lowest BCUT2D eigenvalue weighted by atomic mass is 10.1. The molecule has 0 saturated carbocycles. The van der Waals surface area contributed by atoms with E-state index in [0.717, 1.165) is 38.0 Å². The second kappa shape index (κ2) is 11.3. The van der Waals surface area contributed by atoms with Crippen LogP contribution in [0.3, 0.4) is 0 Å². The molecular weight excluding hydrogens is 364 g/mol. The van der Waals surface area contributed by atoms with E-state index >= 15 is 0 Å². The highest BCUT2D eigenvalue weighted by molar-refractivity contribution is 6.30. The number of nitrogens with one attached hydrogen (secondary N) is 2. The standard InChI is InChI=1S/C20H31ClN4O2/c1-3-4-9-22-19(26)15-24-10-12-25(13-11-24)20(27)14-23-16(2)17-5-7-18(21)8-6-17/h5-8,16,23H,3-4,9-15H2,1-2H3,(H,22,26)/t16-/m0/s1. The molecule has 2 rings (SSSR count). The molecular formula is C20H31ClN4O2. The summed E-state index contributed by atoms with van der Waals surface area (Å²) < 4.78 is 0. The van der Waals surface area contributed by atoms with Crippen LogP contribution < -0.4 is 10.6 Å². The molecule has 0 spiro atoms. The Morgan fingerprint density at radius 1 is 1.15 bits per heavy atom. The van der Waals surface area contributed by atoms with E-state index < -0.39 is 0 Å².